The zero-order chi connectivity index (χ0) is 12.3. The van der Waals surface area contributed by atoms with Crippen molar-refractivity contribution in [1.29, 1.82) is 0 Å². The zero-order valence-electron chi connectivity index (χ0n) is 10.2. The zero-order valence-corrected chi connectivity index (χ0v) is 10.2. The highest BCUT2D eigenvalue weighted by molar-refractivity contribution is 5.83. The summed E-state index contributed by atoms with van der Waals surface area (Å²) in [7, 11) is 1.65. The third-order valence-corrected chi connectivity index (χ3v) is 2.94. The highest BCUT2D eigenvalue weighted by atomic mass is 16.5. The van der Waals surface area contributed by atoms with E-state index in [0.29, 0.717) is 0 Å². The van der Waals surface area contributed by atoms with Gasteiger partial charge in [-0.15, -0.1) is 0 Å². The van der Waals surface area contributed by atoms with Gasteiger partial charge in [-0.2, -0.15) is 0 Å². The Morgan fingerprint density at radius 1 is 1.29 bits per heavy atom. The molecule has 1 heterocycles. The number of methoxy groups -OCH3 is 1. The second-order valence-electron chi connectivity index (χ2n) is 4.17. The van der Waals surface area contributed by atoms with Gasteiger partial charge in [-0.1, -0.05) is 13.3 Å². The largest absolute Gasteiger partial charge is 0.497 e. The molecule has 2 rings (SSSR count). The van der Waals surface area contributed by atoms with Crippen LogP contribution in [0.4, 0.5) is 0 Å². The molecule has 1 aromatic carbocycles. The smallest absolute Gasteiger partial charge is 0.248 e. The quantitative estimate of drug-likeness (QED) is 0.879. The third-order valence-electron chi connectivity index (χ3n) is 2.94. The summed E-state index contributed by atoms with van der Waals surface area (Å²) in [5, 5.41) is 1.08. The van der Waals surface area contributed by atoms with Crippen LogP contribution in [0.15, 0.2) is 29.1 Å². The van der Waals surface area contributed by atoms with Gasteiger partial charge in [-0.25, -0.2) is 0 Å². The first-order chi connectivity index (χ1) is 8.24. The van der Waals surface area contributed by atoms with Crippen molar-refractivity contribution >= 4 is 10.9 Å². The predicted octanol–water partition coefficient (Wildman–Crippen LogP) is 2.88. The van der Waals surface area contributed by atoms with E-state index in [1.165, 1.54) is 0 Å². The molecule has 1 aromatic heterocycles. The van der Waals surface area contributed by atoms with Crippen LogP contribution in [0, 0.1) is 0 Å². The van der Waals surface area contributed by atoms with Crippen molar-refractivity contribution in [3.8, 4) is 5.75 Å². The normalized spacial score (nSPS) is 10.7. The minimum absolute atomic E-state index is 0.0335. The van der Waals surface area contributed by atoms with Crippen LogP contribution in [-0.4, -0.2) is 12.1 Å². The number of ether oxygens (including phenoxy) is 1. The molecule has 0 saturated carbocycles. The van der Waals surface area contributed by atoms with Crippen LogP contribution >= 0.6 is 0 Å². The van der Waals surface area contributed by atoms with E-state index in [0.717, 1.165) is 41.5 Å². The van der Waals surface area contributed by atoms with Crippen LogP contribution in [0.3, 0.4) is 0 Å². The number of pyridine rings is 1. The lowest BCUT2D eigenvalue weighted by Crippen LogP contribution is -2.06. The van der Waals surface area contributed by atoms with Gasteiger partial charge in [0, 0.05) is 17.0 Å². The summed E-state index contributed by atoms with van der Waals surface area (Å²) < 4.78 is 5.22. The molecule has 0 aliphatic carbocycles. The Labute approximate surface area is 100 Å². The molecule has 3 heteroatoms. The van der Waals surface area contributed by atoms with Gasteiger partial charge in [0.15, 0.2) is 0 Å². The third kappa shape index (κ3) is 2.49. The number of nitrogens with one attached hydrogen (secondary N) is 1. The first-order valence-electron chi connectivity index (χ1n) is 5.94. The van der Waals surface area contributed by atoms with E-state index >= 15 is 0 Å². The maximum absolute atomic E-state index is 11.5. The van der Waals surface area contributed by atoms with E-state index in [2.05, 4.69) is 11.9 Å². The van der Waals surface area contributed by atoms with E-state index in [1.54, 1.807) is 13.2 Å². The first-order valence-corrected chi connectivity index (χ1v) is 5.94. The SMILES string of the molecule is CCCCc1cc(=O)[nH]c2ccc(OC)cc12. The number of fused-ring (bicyclic) bond motifs is 1. The highest BCUT2D eigenvalue weighted by Gasteiger charge is 2.04. The van der Waals surface area contributed by atoms with Gasteiger partial charge in [0.05, 0.1) is 7.11 Å². The van der Waals surface area contributed by atoms with Crippen LogP contribution in [0.25, 0.3) is 10.9 Å². The average Bonchev–Trinajstić information content (AvgIpc) is 2.35. The maximum atomic E-state index is 11.5. The number of benzene rings is 1. The van der Waals surface area contributed by atoms with Crippen LogP contribution < -0.4 is 10.3 Å². The summed E-state index contributed by atoms with van der Waals surface area (Å²) in [6.07, 6.45) is 3.15. The van der Waals surface area contributed by atoms with Gasteiger partial charge >= 0.3 is 0 Å². The minimum Gasteiger partial charge on any atom is -0.497 e. The van der Waals surface area contributed by atoms with Gasteiger partial charge in [-0.3, -0.25) is 4.79 Å². The minimum atomic E-state index is -0.0335. The van der Waals surface area contributed by atoms with Crippen LogP contribution in [-0.2, 0) is 6.42 Å². The predicted molar refractivity (Wildman–Crippen MR) is 69.7 cm³/mol. The van der Waals surface area contributed by atoms with E-state index < -0.39 is 0 Å². The second-order valence-corrected chi connectivity index (χ2v) is 4.17. The van der Waals surface area contributed by atoms with Crippen molar-refractivity contribution in [1.82, 2.24) is 4.98 Å². The lowest BCUT2D eigenvalue weighted by Gasteiger charge is -2.07. The standard InChI is InChI=1S/C14H17NO2/c1-3-4-5-10-8-14(16)15-13-7-6-11(17-2)9-12(10)13/h6-9H,3-5H2,1-2H3,(H,15,16). The average molecular weight is 231 g/mol. The number of hydrogen-bond acceptors (Lipinski definition) is 2. The van der Waals surface area contributed by atoms with Crippen molar-refractivity contribution in [2.24, 2.45) is 0 Å². The topological polar surface area (TPSA) is 42.1 Å². The molecule has 0 atom stereocenters. The number of unbranched alkanes of at least 4 members (excludes halogenated alkanes) is 1. The summed E-state index contributed by atoms with van der Waals surface area (Å²) in [5.74, 6) is 0.822. The van der Waals surface area contributed by atoms with Crippen molar-refractivity contribution < 1.29 is 4.74 Å². The molecule has 0 aliphatic rings. The summed E-state index contributed by atoms with van der Waals surface area (Å²) in [6, 6.07) is 7.43. The Kier molecular flexibility index (Phi) is 3.47. The molecule has 0 amide bonds. The van der Waals surface area contributed by atoms with E-state index in [9.17, 15) is 4.79 Å². The Bertz CT molecular complexity index is 572. The molecule has 1 N–H and O–H groups in total. The van der Waals surface area contributed by atoms with Gasteiger partial charge in [0.1, 0.15) is 5.75 Å². The number of rotatable bonds is 4. The number of aryl methyl sites for hydroxylation is 1. The molecule has 0 spiro atoms. The van der Waals surface area contributed by atoms with Crippen molar-refractivity contribution in [3.63, 3.8) is 0 Å². The van der Waals surface area contributed by atoms with E-state index in [-0.39, 0.29) is 5.56 Å². The fourth-order valence-corrected chi connectivity index (χ4v) is 2.00. The summed E-state index contributed by atoms with van der Waals surface area (Å²) >= 11 is 0. The fraction of sp³-hybridized carbons (Fsp3) is 0.357. The van der Waals surface area contributed by atoms with Gasteiger partial charge < -0.3 is 9.72 Å². The molecule has 0 bridgehead atoms. The molecule has 2 aromatic rings. The Hall–Kier alpha value is -1.77. The molecule has 17 heavy (non-hydrogen) atoms. The van der Waals surface area contributed by atoms with Crippen LogP contribution in [0.1, 0.15) is 25.3 Å². The lowest BCUT2D eigenvalue weighted by molar-refractivity contribution is 0.415. The lowest BCUT2D eigenvalue weighted by atomic mass is 10.0. The molecular weight excluding hydrogens is 214 g/mol. The number of hydrogen-bond donors (Lipinski definition) is 1. The number of H-pyrrole nitrogens is 1. The highest BCUT2D eigenvalue weighted by Crippen LogP contribution is 2.22. The van der Waals surface area contributed by atoms with Crippen LogP contribution in [0.2, 0.25) is 0 Å². The molecule has 0 saturated heterocycles. The first kappa shape index (κ1) is 11.7. The summed E-state index contributed by atoms with van der Waals surface area (Å²) in [6.45, 7) is 2.15. The molecule has 0 aliphatic heterocycles. The van der Waals surface area contributed by atoms with E-state index in [1.807, 2.05) is 18.2 Å². The molecule has 0 radical (unpaired) electrons. The monoisotopic (exact) mass is 231 g/mol. The maximum Gasteiger partial charge on any atom is 0.248 e. The molecule has 0 unspecified atom stereocenters. The number of aromatic amines is 1. The van der Waals surface area contributed by atoms with E-state index in [4.69, 9.17) is 4.74 Å². The molecule has 0 fully saturated rings. The fourth-order valence-electron chi connectivity index (χ4n) is 2.00. The Balaban J connectivity index is 2.57. The Morgan fingerprint density at radius 2 is 2.12 bits per heavy atom. The van der Waals surface area contributed by atoms with Gasteiger partial charge in [0.25, 0.3) is 0 Å². The van der Waals surface area contributed by atoms with Crippen molar-refractivity contribution in [3.05, 3.63) is 40.2 Å². The van der Waals surface area contributed by atoms with Crippen LogP contribution in [0.5, 0.6) is 5.75 Å². The van der Waals surface area contributed by atoms with Gasteiger partial charge in [0.2, 0.25) is 5.56 Å². The summed E-state index contributed by atoms with van der Waals surface area (Å²) in [5.41, 5.74) is 1.95. The van der Waals surface area contributed by atoms with Crippen molar-refractivity contribution in [2.45, 2.75) is 26.2 Å². The summed E-state index contributed by atoms with van der Waals surface area (Å²) in [4.78, 5) is 14.4. The van der Waals surface area contributed by atoms with Gasteiger partial charge in [-0.05, 0) is 36.6 Å². The second kappa shape index (κ2) is 5.04. The molecular formula is C14H17NO2. The molecule has 90 valence electrons. The van der Waals surface area contributed by atoms with Crippen molar-refractivity contribution in [2.75, 3.05) is 7.11 Å². The number of aromatic nitrogens is 1. The Morgan fingerprint density at radius 3 is 2.82 bits per heavy atom. The molecule has 3 nitrogen and oxygen atoms in total.